The second-order valence-corrected chi connectivity index (χ2v) is 4.12. The third-order valence-corrected chi connectivity index (χ3v) is 2.20. The van der Waals surface area contributed by atoms with E-state index in [4.69, 9.17) is 4.74 Å². The van der Waals surface area contributed by atoms with Gasteiger partial charge in [0.05, 0.1) is 26.1 Å². The molecule has 5 nitrogen and oxygen atoms in total. The minimum absolute atomic E-state index is 0.182. The molecule has 0 radical (unpaired) electrons. The van der Waals surface area contributed by atoms with E-state index in [9.17, 15) is 4.79 Å². The minimum atomic E-state index is -0.496. The van der Waals surface area contributed by atoms with Gasteiger partial charge in [-0.15, -0.1) is 0 Å². The fraction of sp³-hybridized carbons (Fsp3) is 0.583. The fourth-order valence-electron chi connectivity index (χ4n) is 1.27. The average molecular weight is 238 g/mol. The highest BCUT2D eigenvalue weighted by atomic mass is 16.5. The van der Waals surface area contributed by atoms with Gasteiger partial charge in [-0.3, -0.25) is 0 Å². The summed E-state index contributed by atoms with van der Waals surface area (Å²) >= 11 is 0. The van der Waals surface area contributed by atoms with E-state index in [2.05, 4.69) is 28.6 Å². The third-order valence-electron chi connectivity index (χ3n) is 2.20. The molecule has 0 fully saturated rings. The van der Waals surface area contributed by atoms with E-state index in [-0.39, 0.29) is 5.69 Å². The van der Waals surface area contributed by atoms with Gasteiger partial charge >= 0.3 is 5.97 Å². The van der Waals surface area contributed by atoms with Crippen molar-refractivity contribution in [1.82, 2.24) is 9.97 Å². The van der Waals surface area contributed by atoms with Gasteiger partial charge in [0, 0.05) is 0 Å². The third kappa shape index (κ3) is 4.80. The first-order valence-electron chi connectivity index (χ1n) is 5.66. The Hall–Kier alpha value is -1.65. The molecule has 0 spiro atoms. The summed E-state index contributed by atoms with van der Waals surface area (Å²) < 4.78 is 9.92. The summed E-state index contributed by atoms with van der Waals surface area (Å²) in [5, 5.41) is 0. The van der Waals surface area contributed by atoms with Gasteiger partial charge < -0.3 is 9.47 Å². The van der Waals surface area contributed by atoms with Gasteiger partial charge in [0.15, 0.2) is 5.69 Å². The van der Waals surface area contributed by atoms with Gasteiger partial charge in [0.25, 0.3) is 0 Å². The lowest BCUT2D eigenvalue weighted by atomic mass is 10.1. The molecule has 0 saturated heterocycles. The number of hydrogen-bond donors (Lipinski definition) is 0. The van der Waals surface area contributed by atoms with Crippen molar-refractivity contribution >= 4 is 5.97 Å². The van der Waals surface area contributed by atoms with Gasteiger partial charge in [0.1, 0.15) is 0 Å². The highest BCUT2D eigenvalue weighted by molar-refractivity contribution is 5.86. The molecule has 0 N–H and O–H groups in total. The Morgan fingerprint density at radius 2 is 2.12 bits per heavy atom. The maximum absolute atomic E-state index is 11.1. The molecule has 0 bridgehead atoms. The molecule has 0 aromatic carbocycles. The van der Waals surface area contributed by atoms with Crippen LogP contribution in [0.25, 0.3) is 0 Å². The number of carbonyl (C=O) groups excluding carboxylic acids is 1. The molecule has 1 aromatic rings. The van der Waals surface area contributed by atoms with E-state index >= 15 is 0 Å². The summed E-state index contributed by atoms with van der Waals surface area (Å²) in [5.41, 5.74) is 0.182. The van der Waals surface area contributed by atoms with E-state index in [0.717, 1.165) is 12.8 Å². The first-order chi connectivity index (χ1) is 8.13. The largest absolute Gasteiger partial charge is 0.477 e. The Bertz CT molecular complexity index is 349. The van der Waals surface area contributed by atoms with Crippen molar-refractivity contribution < 1.29 is 14.3 Å². The molecule has 0 aliphatic carbocycles. The number of nitrogens with zero attached hydrogens (tertiary/aromatic N) is 2. The highest BCUT2D eigenvalue weighted by Gasteiger charge is 2.07. The van der Waals surface area contributed by atoms with Crippen molar-refractivity contribution in [2.75, 3.05) is 13.7 Å². The number of carbonyl (C=O) groups is 1. The summed E-state index contributed by atoms with van der Waals surface area (Å²) in [7, 11) is 1.31. The van der Waals surface area contributed by atoms with Crippen LogP contribution in [0.15, 0.2) is 12.4 Å². The van der Waals surface area contributed by atoms with E-state index in [0.29, 0.717) is 18.4 Å². The van der Waals surface area contributed by atoms with Crippen molar-refractivity contribution in [3.05, 3.63) is 18.1 Å². The molecular formula is C12H18N2O3. The van der Waals surface area contributed by atoms with E-state index in [1.807, 2.05) is 0 Å². The van der Waals surface area contributed by atoms with Crippen molar-refractivity contribution in [3.8, 4) is 5.88 Å². The maximum Gasteiger partial charge on any atom is 0.358 e. The second-order valence-electron chi connectivity index (χ2n) is 4.12. The number of aromatic nitrogens is 2. The van der Waals surface area contributed by atoms with Gasteiger partial charge in [-0.1, -0.05) is 13.8 Å². The minimum Gasteiger partial charge on any atom is -0.477 e. The predicted molar refractivity (Wildman–Crippen MR) is 62.9 cm³/mol. The molecule has 1 rings (SSSR count). The SMILES string of the molecule is COC(=O)c1cnc(OCCCC(C)C)cn1. The number of esters is 1. The predicted octanol–water partition coefficient (Wildman–Crippen LogP) is 2.08. The van der Waals surface area contributed by atoms with Gasteiger partial charge in [-0.2, -0.15) is 0 Å². The molecule has 0 atom stereocenters. The Morgan fingerprint density at radius 1 is 1.35 bits per heavy atom. The molecule has 94 valence electrons. The first-order valence-corrected chi connectivity index (χ1v) is 5.66. The molecule has 1 heterocycles. The maximum atomic E-state index is 11.1. The molecule has 0 aliphatic rings. The molecular weight excluding hydrogens is 220 g/mol. The molecule has 1 aromatic heterocycles. The van der Waals surface area contributed by atoms with Crippen LogP contribution in [0.5, 0.6) is 5.88 Å². The number of hydrogen-bond acceptors (Lipinski definition) is 5. The highest BCUT2D eigenvalue weighted by Crippen LogP contribution is 2.08. The molecule has 5 heteroatoms. The summed E-state index contributed by atoms with van der Waals surface area (Å²) in [5.74, 6) is 0.608. The summed E-state index contributed by atoms with van der Waals surface area (Å²) in [4.78, 5) is 19.0. The smallest absolute Gasteiger partial charge is 0.358 e. The lowest BCUT2D eigenvalue weighted by Crippen LogP contribution is -2.06. The second kappa shape index (κ2) is 6.83. The van der Waals surface area contributed by atoms with Crippen molar-refractivity contribution in [1.29, 1.82) is 0 Å². The van der Waals surface area contributed by atoms with Crippen molar-refractivity contribution in [3.63, 3.8) is 0 Å². The van der Waals surface area contributed by atoms with E-state index in [1.54, 1.807) is 0 Å². The zero-order chi connectivity index (χ0) is 12.7. The number of rotatable bonds is 6. The van der Waals surface area contributed by atoms with Crippen LogP contribution in [-0.2, 0) is 4.74 Å². The van der Waals surface area contributed by atoms with Gasteiger partial charge in [-0.05, 0) is 18.8 Å². The summed E-state index contributed by atoms with van der Waals surface area (Å²) in [6, 6.07) is 0. The average Bonchev–Trinajstić information content (AvgIpc) is 2.34. The van der Waals surface area contributed by atoms with Crippen molar-refractivity contribution in [2.45, 2.75) is 26.7 Å². The quantitative estimate of drug-likeness (QED) is 0.561. The first kappa shape index (κ1) is 13.4. The van der Waals surface area contributed by atoms with Gasteiger partial charge in [0.2, 0.25) is 5.88 Å². The zero-order valence-electron chi connectivity index (χ0n) is 10.5. The molecule has 17 heavy (non-hydrogen) atoms. The number of methoxy groups -OCH3 is 1. The van der Waals surface area contributed by atoms with Crippen LogP contribution < -0.4 is 4.74 Å². The Balaban J connectivity index is 2.38. The van der Waals surface area contributed by atoms with Crippen LogP contribution in [0.3, 0.4) is 0 Å². The van der Waals surface area contributed by atoms with Crippen LogP contribution in [0.2, 0.25) is 0 Å². The molecule has 0 amide bonds. The van der Waals surface area contributed by atoms with E-state index in [1.165, 1.54) is 19.5 Å². The lowest BCUT2D eigenvalue weighted by Gasteiger charge is -2.06. The van der Waals surface area contributed by atoms with Crippen LogP contribution in [0.1, 0.15) is 37.2 Å². The standard InChI is InChI=1S/C12H18N2O3/c1-9(2)5-4-6-17-11-8-13-10(7-14-11)12(15)16-3/h7-9H,4-6H2,1-3H3. The van der Waals surface area contributed by atoms with Crippen LogP contribution in [-0.4, -0.2) is 29.7 Å². The van der Waals surface area contributed by atoms with E-state index < -0.39 is 5.97 Å². The molecule has 0 saturated carbocycles. The topological polar surface area (TPSA) is 61.3 Å². The van der Waals surface area contributed by atoms with Crippen LogP contribution >= 0.6 is 0 Å². The van der Waals surface area contributed by atoms with Crippen molar-refractivity contribution in [2.24, 2.45) is 5.92 Å². The summed E-state index contributed by atoms with van der Waals surface area (Å²) in [6.07, 6.45) is 4.89. The Morgan fingerprint density at radius 3 is 2.65 bits per heavy atom. The summed E-state index contributed by atoms with van der Waals surface area (Å²) in [6.45, 7) is 4.96. The van der Waals surface area contributed by atoms with Crippen LogP contribution in [0.4, 0.5) is 0 Å². The molecule has 0 unspecified atom stereocenters. The molecule has 0 aliphatic heterocycles. The lowest BCUT2D eigenvalue weighted by molar-refractivity contribution is 0.0593. The normalized spacial score (nSPS) is 10.4. The Kier molecular flexibility index (Phi) is 5.39. The monoisotopic (exact) mass is 238 g/mol. The zero-order valence-corrected chi connectivity index (χ0v) is 10.5. The van der Waals surface area contributed by atoms with Gasteiger partial charge in [-0.25, -0.2) is 14.8 Å². The Labute approximate surface area is 101 Å². The number of ether oxygens (including phenoxy) is 2. The fourth-order valence-corrected chi connectivity index (χ4v) is 1.27. The van der Waals surface area contributed by atoms with Crippen LogP contribution in [0, 0.1) is 5.92 Å².